The Morgan fingerprint density at radius 1 is 1.33 bits per heavy atom. The summed E-state index contributed by atoms with van der Waals surface area (Å²) in [6.45, 7) is 6.50. The van der Waals surface area contributed by atoms with E-state index in [1.165, 1.54) is 0 Å². The fourth-order valence-electron chi connectivity index (χ4n) is 2.79. The van der Waals surface area contributed by atoms with Crippen molar-refractivity contribution >= 4 is 12.1 Å². The normalized spacial score (nSPS) is 23.0. The van der Waals surface area contributed by atoms with Gasteiger partial charge in [-0.3, -0.25) is 4.90 Å². The molecule has 9 heteroatoms. The summed E-state index contributed by atoms with van der Waals surface area (Å²) in [6, 6.07) is 0.0321. The van der Waals surface area contributed by atoms with Crippen molar-refractivity contribution in [3.05, 3.63) is 11.6 Å². The van der Waals surface area contributed by atoms with Crippen molar-refractivity contribution in [3.8, 4) is 0 Å². The molecule has 6 nitrogen and oxygen atoms in total. The molecule has 1 fully saturated rings. The Kier molecular flexibility index (Phi) is 14.4. The molecule has 0 saturated carbocycles. The van der Waals surface area contributed by atoms with Crippen molar-refractivity contribution < 1.29 is 144 Å². The predicted octanol–water partition coefficient (Wildman–Crippen LogP) is -2.82. The van der Waals surface area contributed by atoms with E-state index in [1.54, 1.807) is 4.90 Å². The van der Waals surface area contributed by atoms with Crippen LogP contribution in [0.2, 0.25) is 0 Å². The zero-order valence-corrected chi connectivity index (χ0v) is 28.8. The molecule has 2 aliphatic heterocycles. The minimum absolute atomic E-state index is 0. The number of carboxylic acids is 1. The van der Waals surface area contributed by atoms with Gasteiger partial charge in [0.1, 0.15) is 5.60 Å². The SMILES string of the molecule is CN1C2C[C-]=C(CC(=O)[O-])C1CN(C(=O)OC(C)(C)C)C2.[Ra].[Rb+].[W]. The van der Waals surface area contributed by atoms with Crippen LogP contribution in [0.5, 0.6) is 0 Å². The van der Waals surface area contributed by atoms with E-state index in [4.69, 9.17) is 4.74 Å². The van der Waals surface area contributed by atoms with Gasteiger partial charge in [-0.25, -0.2) is 10.4 Å². The summed E-state index contributed by atoms with van der Waals surface area (Å²) in [7, 11) is 1.96. The van der Waals surface area contributed by atoms with Gasteiger partial charge < -0.3 is 25.6 Å². The summed E-state index contributed by atoms with van der Waals surface area (Å²) in [5, 5.41) is 10.8. The molecule has 2 rings (SSSR count). The maximum Gasteiger partial charge on any atom is 1.00 e. The maximum absolute atomic E-state index is 12.2. The number of amides is 1. The third-order valence-corrected chi connectivity index (χ3v) is 3.85. The van der Waals surface area contributed by atoms with E-state index in [9.17, 15) is 14.7 Å². The quantitative estimate of drug-likeness (QED) is 0.283. The largest absolute Gasteiger partial charge is 1.00 e. The smallest absolute Gasteiger partial charge is 0.550 e. The number of ether oxygens (including phenoxy) is 1. The molecule has 0 aromatic heterocycles. The van der Waals surface area contributed by atoms with E-state index in [2.05, 4.69) is 11.0 Å². The summed E-state index contributed by atoms with van der Waals surface area (Å²) in [5.74, 6) is -1.11. The van der Waals surface area contributed by atoms with Crippen LogP contribution in [-0.2, 0) is 30.6 Å². The fraction of sp³-hybridized carbons (Fsp3) is 0.733. The van der Waals surface area contributed by atoms with Crippen LogP contribution in [0.4, 0.5) is 4.79 Å². The fourth-order valence-corrected chi connectivity index (χ4v) is 2.79. The second-order valence-corrected chi connectivity index (χ2v) is 6.68. The molecule has 2 radical (unpaired) electrons. The Hall–Kier alpha value is 2.40. The molecule has 0 N–H and O–H groups in total. The van der Waals surface area contributed by atoms with Gasteiger partial charge in [0.15, 0.2) is 0 Å². The number of hydrogen-bond acceptors (Lipinski definition) is 5. The first-order chi connectivity index (χ1) is 9.67. The molecule has 2 atom stereocenters. The van der Waals surface area contributed by atoms with Crippen molar-refractivity contribution in [2.45, 2.75) is 51.3 Å². The molecule has 126 valence electrons. The average molecular weight is 790 g/mol. The summed E-state index contributed by atoms with van der Waals surface area (Å²) in [4.78, 5) is 26.8. The first-order valence-corrected chi connectivity index (χ1v) is 7.16. The molecule has 0 aliphatic carbocycles. The van der Waals surface area contributed by atoms with Gasteiger partial charge in [-0.15, -0.1) is 0 Å². The average Bonchev–Trinajstić information content (AvgIpc) is 2.30. The molecule has 0 aromatic rings. The molecule has 1 saturated heterocycles. The van der Waals surface area contributed by atoms with Gasteiger partial charge in [0.2, 0.25) is 0 Å². The Morgan fingerprint density at radius 2 is 1.92 bits per heavy atom. The second-order valence-electron chi connectivity index (χ2n) is 6.68. The summed E-state index contributed by atoms with van der Waals surface area (Å²) >= 11 is 0. The van der Waals surface area contributed by atoms with E-state index >= 15 is 0 Å². The number of carbonyl (C=O) groups excluding carboxylic acids is 2. The molecular formula is C15H22N2O4RaRbW-. The van der Waals surface area contributed by atoms with Crippen LogP contribution in [0.3, 0.4) is 0 Å². The van der Waals surface area contributed by atoms with Gasteiger partial charge in [-0.05, 0) is 34.2 Å². The van der Waals surface area contributed by atoms with E-state index in [1.807, 2.05) is 27.8 Å². The minimum Gasteiger partial charge on any atom is -0.550 e. The zero-order valence-electron chi connectivity index (χ0n) is 15.1. The van der Waals surface area contributed by atoms with E-state index in [0.29, 0.717) is 25.1 Å². The summed E-state index contributed by atoms with van der Waals surface area (Å²) < 4.78 is 5.40. The number of carboxylic acid groups (broad SMARTS) is 1. The van der Waals surface area contributed by atoms with E-state index in [0.717, 1.165) is 0 Å². The maximum atomic E-state index is 12.2. The number of nitrogens with zero attached hydrogens (tertiary/aromatic N) is 2. The van der Waals surface area contributed by atoms with Crippen molar-refractivity contribution in [2.24, 2.45) is 0 Å². The molecule has 0 aromatic carbocycles. The van der Waals surface area contributed by atoms with Gasteiger partial charge in [0, 0.05) is 97.2 Å². The van der Waals surface area contributed by atoms with Gasteiger partial charge >= 0.3 is 64.3 Å². The van der Waals surface area contributed by atoms with Gasteiger partial charge in [-0.1, -0.05) is 0 Å². The Labute approximate surface area is 244 Å². The zero-order chi connectivity index (χ0) is 15.8. The van der Waals surface area contributed by atoms with Crippen LogP contribution in [-0.4, -0.2) is 59.7 Å². The predicted molar refractivity (Wildman–Crippen MR) is 74.1 cm³/mol. The van der Waals surface area contributed by atoms with Crippen LogP contribution in [0.15, 0.2) is 5.57 Å². The van der Waals surface area contributed by atoms with Crippen molar-refractivity contribution in [1.29, 1.82) is 0 Å². The van der Waals surface area contributed by atoms with E-state index < -0.39 is 11.6 Å². The van der Waals surface area contributed by atoms with E-state index in [-0.39, 0.29) is 149 Å². The first-order valence-electron chi connectivity index (χ1n) is 7.16. The Balaban J connectivity index is 0. The Morgan fingerprint density at radius 3 is 2.42 bits per heavy atom. The number of rotatable bonds is 2. The van der Waals surface area contributed by atoms with Gasteiger partial charge in [0.05, 0.1) is 0 Å². The van der Waals surface area contributed by atoms with Gasteiger partial charge in [0.25, 0.3) is 0 Å². The van der Waals surface area contributed by atoms with Gasteiger partial charge in [-0.2, -0.15) is 6.42 Å². The molecular weight excluding hydrogens is 767 g/mol. The van der Waals surface area contributed by atoms with Crippen LogP contribution >= 0.6 is 0 Å². The summed E-state index contributed by atoms with van der Waals surface area (Å²) in [6.07, 6.45) is 3.30. The van der Waals surface area contributed by atoms with Crippen molar-refractivity contribution in [3.63, 3.8) is 0 Å². The number of aliphatic carboxylic acids is 1. The topological polar surface area (TPSA) is 72.9 Å². The third-order valence-electron chi connectivity index (χ3n) is 3.85. The number of hydrogen-bond donors (Lipinski definition) is 0. The number of piperazine rings is 1. The Bertz CT molecular complexity index is 485. The summed E-state index contributed by atoms with van der Waals surface area (Å²) in [5.41, 5.74) is 0.160. The first kappa shape index (κ1) is 28.6. The van der Waals surface area contributed by atoms with Crippen molar-refractivity contribution in [1.82, 2.24) is 9.80 Å². The van der Waals surface area contributed by atoms with Crippen molar-refractivity contribution in [2.75, 3.05) is 20.1 Å². The monoisotopic (exact) mass is 789 g/mol. The standard InChI is InChI=1S/C15H23N2O4.Ra.Rb.W/c1-15(2,3)21-14(20)17-8-11-6-5-10(7-13(18)19)12(9-17)16(11)4;;;/h11-12H,6-9H2,1-4H3,(H,18,19);;;/q-1;;+1;/p-1. The molecule has 2 unspecified atom stereocenters. The third kappa shape index (κ3) is 8.19. The second kappa shape index (κ2) is 12.1. The van der Waals surface area contributed by atoms with Crippen LogP contribution in [0.1, 0.15) is 33.6 Å². The molecule has 0 spiro atoms. The number of carbonyl (C=O) groups is 2. The molecule has 1 amide bonds. The molecule has 2 heterocycles. The molecule has 2 aliphatic rings. The molecule has 2 bridgehead atoms. The minimum atomic E-state index is -1.11. The number of likely N-dealkylation sites (N-methyl/N-ethyl adjacent to an activating group) is 1. The molecule has 24 heavy (non-hydrogen) atoms. The van der Waals surface area contributed by atoms with Crippen LogP contribution in [0.25, 0.3) is 0 Å². The van der Waals surface area contributed by atoms with Crippen LogP contribution < -0.4 is 63.3 Å². The van der Waals surface area contributed by atoms with Crippen LogP contribution in [0, 0.1) is 51.1 Å². The number of fused-ring (bicyclic) bond motifs is 2.